The number of carbonyl (C=O) groups is 2. The van der Waals surface area contributed by atoms with Crippen LogP contribution in [-0.2, 0) is 9.53 Å². The fraction of sp³-hybridized carbons (Fsp3) is 0.125. The van der Waals surface area contributed by atoms with Crippen LogP contribution < -0.4 is 5.32 Å². The second kappa shape index (κ2) is 6.65. The molecule has 0 atom stereocenters. The van der Waals surface area contributed by atoms with Gasteiger partial charge in [0.2, 0.25) is 0 Å². The monoisotopic (exact) mass is 287 g/mol. The molecule has 0 saturated carbocycles. The summed E-state index contributed by atoms with van der Waals surface area (Å²) < 4.78 is 18.2. The van der Waals surface area contributed by atoms with Crippen LogP contribution in [0.5, 0.6) is 0 Å². The molecule has 0 aliphatic carbocycles. The molecule has 4 nitrogen and oxygen atoms in total. The number of aryl methyl sites for hydroxylation is 1. The average Bonchev–Trinajstić information content (AvgIpc) is 2.48. The molecule has 0 bridgehead atoms. The van der Waals surface area contributed by atoms with Crippen molar-refractivity contribution < 1.29 is 18.7 Å². The number of esters is 1. The third kappa shape index (κ3) is 4.14. The maximum Gasteiger partial charge on any atom is 0.338 e. The van der Waals surface area contributed by atoms with Crippen molar-refractivity contribution in [3.05, 3.63) is 65.5 Å². The lowest BCUT2D eigenvalue weighted by molar-refractivity contribution is -0.119. The van der Waals surface area contributed by atoms with Gasteiger partial charge in [0.05, 0.1) is 11.3 Å². The van der Waals surface area contributed by atoms with Crippen LogP contribution in [0.25, 0.3) is 0 Å². The fourth-order valence-corrected chi connectivity index (χ4v) is 1.65. The summed E-state index contributed by atoms with van der Waals surface area (Å²) in [5.41, 5.74) is 1.43. The number of amides is 1. The minimum absolute atomic E-state index is 0.0499. The van der Waals surface area contributed by atoms with Gasteiger partial charge in [0, 0.05) is 0 Å². The number of nitrogens with one attached hydrogen (secondary N) is 1. The van der Waals surface area contributed by atoms with Crippen LogP contribution >= 0.6 is 0 Å². The van der Waals surface area contributed by atoms with Gasteiger partial charge in [-0.15, -0.1) is 0 Å². The minimum Gasteiger partial charge on any atom is -0.452 e. The maximum atomic E-state index is 13.3. The van der Waals surface area contributed by atoms with Crippen LogP contribution in [0, 0.1) is 12.7 Å². The minimum atomic E-state index is -0.598. The van der Waals surface area contributed by atoms with Gasteiger partial charge in [-0.25, -0.2) is 9.18 Å². The fourth-order valence-electron chi connectivity index (χ4n) is 1.65. The Morgan fingerprint density at radius 2 is 1.76 bits per heavy atom. The summed E-state index contributed by atoms with van der Waals surface area (Å²) in [4.78, 5) is 23.3. The molecule has 0 unspecified atom stereocenters. The van der Waals surface area contributed by atoms with Crippen molar-refractivity contribution in [3.8, 4) is 0 Å². The van der Waals surface area contributed by atoms with E-state index in [4.69, 9.17) is 4.74 Å². The lowest BCUT2D eigenvalue weighted by Gasteiger charge is -2.07. The van der Waals surface area contributed by atoms with E-state index in [1.807, 2.05) is 6.92 Å². The van der Waals surface area contributed by atoms with Crippen molar-refractivity contribution in [1.82, 2.24) is 0 Å². The third-order valence-electron chi connectivity index (χ3n) is 2.77. The Morgan fingerprint density at radius 3 is 2.43 bits per heavy atom. The van der Waals surface area contributed by atoms with Gasteiger partial charge in [0.15, 0.2) is 6.61 Å². The third-order valence-corrected chi connectivity index (χ3v) is 2.77. The molecule has 0 heterocycles. The van der Waals surface area contributed by atoms with E-state index in [-0.39, 0.29) is 5.69 Å². The molecule has 0 aliphatic rings. The number of benzene rings is 2. The van der Waals surface area contributed by atoms with Gasteiger partial charge >= 0.3 is 5.97 Å². The normalized spacial score (nSPS) is 10.0. The zero-order chi connectivity index (χ0) is 15.2. The number of carbonyl (C=O) groups excluding carboxylic acids is 2. The topological polar surface area (TPSA) is 55.4 Å². The number of para-hydroxylation sites is 1. The lowest BCUT2D eigenvalue weighted by Crippen LogP contribution is -2.21. The molecule has 0 spiro atoms. The van der Waals surface area contributed by atoms with E-state index in [1.54, 1.807) is 30.3 Å². The number of hydrogen-bond donors (Lipinski definition) is 1. The smallest absolute Gasteiger partial charge is 0.338 e. The number of rotatable bonds is 4. The molecule has 2 aromatic rings. The first-order chi connectivity index (χ1) is 10.1. The van der Waals surface area contributed by atoms with Gasteiger partial charge in [-0.1, -0.05) is 29.8 Å². The SMILES string of the molecule is Cc1ccc(C(=O)OCC(=O)Nc2ccccc2F)cc1. The summed E-state index contributed by atoms with van der Waals surface area (Å²) in [7, 11) is 0. The van der Waals surface area contributed by atoms with E-state index in [2.05, 4.69) is 5.32 Å². The summed E-state index contributed by atoms with van der Waals surface area (Å²) in [6, 6.07) is 12.5. The van der Waals surface area contributed by atoms with Gasteiger partial charge in [0.25, 0.3) is 5.91 Å². The molecular weight excluding hydrogens is 273 g/mol. The molecule has 2 aromatic carbocycles. The second-order valence-corrected chi connectivity index (χ2v) is 4.47. The van der Waals surface area contributed by atoms with Crippen LogP contribution in [0.15, 0.2) is 48.5 Å². The van der Waals surface area contributed by atoms with Crippen molar-refractivity contribution >= 4 is 17.6 Å². The van der Waals surface area contributed by atoms with E-state index in [0.717, 1.165) is 5.56 Å². The van der Waals surface area contributed by atoms with Crippen LogP contribution in [0.4, 0.5) is 10.1 Å². The highest BCUT2D eigenvalue weighted by Gasteiger charge is 2.11. The molecule has 5 heteroatoms. The van der Waals surface area contributed by atoms with Gasteiger partial charge < -0.3 is 10.1 Å². The van der Waals surface area contributed by atoms with E-state index < -0.39 is 24.3 Å². The number of halogens is 1. The molecule has 0 saturated heterocycles. The highest BCUT2D eigenvalue weighted by molar-refractivity contribution is 5.95. The van der Waals surface area contributed by atoms with Crippen LogP contribution in [0.3, 0.4) is 0 Å². The molecule has 0 aromatic heterocycles. The largest absolute Gasteiger partial charge is 0.452 e. The van der Waals surface area contributed by atoms with E-state index in [1.165, 1.54) is 18.2 Å². The first-order valence-corrected chi connectivity index (χ1v) is 6.34. The zero-order valence-electron chi connectivity index (χ0n) is 11.4. The van der Waals surface area contributed by atoms with Crippen molar-refractivity contribution in [3.63, 3.8) is 0 Å². The molecule has 2 rings (SSSR count). The molecule has 1 N–H and O–H groups in total. The van der Waals surface area contributed by atoms with E-state index in [9.17, 15) is 14.0 Å². The average molecular weight is 287 g/mol. The van der Waals surface area contributed by atoms with E-state index in [0.29, 0.717) is 5.56 Å². The Balaban J connectivity index is 1.88. The predicted octanol–water partition coefficient (Wildman–Crippen LogP) is 2.93. The molecule has 0 aliphatic heterocycles. The molecule has 21 heavy (non-hydrogen) atoms. The molecule has 1 amide bonds. The predicted molar refractivity (Wildman–Crippen MR) is 76.5 cm³/mol. The summed E-state index contributed by atoms with van der Waals surface area (Å²) in [6.07, 6.45) is 0. The summed E-state index contributed by atoms with van der Waals surface area (Å²) in [5, 5.41) is 2.33. The first kappa shape index (κ1) is 14.7. The van der Waals surface area contributed by atoms with Gasteiger partial charge in [0.1, 0.15) is 5.82 Å². The molecule has 108 valence electrons. The van der Waals surface area contributed by atoms with Gasteiger partial charge in [-0.3, -0.25) is 4.79 Å². The Labute approximate surface area is 121 Å². The number of hydrogen-bond acceptors (Lipinski definition) is 3. The Bertz CT molecular complexity index is 653. The van der Waals surface area contributed by atoms with Crippen LogP contribution in [-0.4, -0.2) is 18.5 Å². The highest BCUT2D eigenvalue weighted by Crippen LogP contribution is 2.12. The van der Waals surface area contributed by atoms with Gasteiger partial charge in [-0.05, 0) is 31.2 Å². The van der Waals surface area contributed by atoms with Crippen molar-refractivity contribution in [2.75, 3.05) is 11.9 Å². The van der Waals surface area contributed by atoms with Crippen LogP contribution in [0.2, 0.25) is 0 Å². The van der Waals surface area contributed by atoms with Crippen LogP contribution in [0.1, 0.15) is 15.9 Å². The Morgan fingerprint density at radius 1 is 1.10 bits per heavy atom. The Kier molecular flexibility index (Phi) is 4.66. The Hall–Kier alpha value is -2.69. The number of anilines is 1. The van der Waals surface area contributed by atoms with E-state index >= 15 is 0 Å². The zero-order valence-corrected chi connectivity index (χ0v) is 11.4. The molecule has 0 fully saturated rings. The van der Waals surface area contributed by atoms with Gasteiger partial charge in [-0.2, -0.15) is 0 Å². The second-order valence-electron chi connectivity index (χ2n) is 4.47. The number of ether oxygens (including phenoxy) is 1. The standard InChI is InChI=1S/C16H14FNO3/c1-11-6-8-12(9-7-11)16(20)21-10-15(19)18-14-5-3-2-4-13(14)17/h2-9H,10H2,1H3,(H,18,19). The summed E-state index contributed by atoms with van der Waals surface area (Å²) in [6.45, 7) is 1.43. The molecule has 0 radical (unpaired) electrons. The van der Waals surface area contributed by atoms with Crippen molar-refractivity contribution in [2.24, 2.45) is 0 Å². The quantitative estimate of drug-likeness (QED) is 0.880. The first-order valence-electron chi connectivity index (χ1n) is 6.34. The summed E-state index contributed by atoms with van der Waals surface area (Å²) in [5.74, 6) is -1.74. The summed E-state index contributed by atoms with van der Waals surface area (Å²) >= 11 is 0. The lowest BCUT2D eigenvalue weighted by atomic mass is 10.1. The molecular formula is C16H14FNO3. The highest BCUT2D eigenvalue weighted by atomic mass is 19.1. The van der Waals surface area contributed by atoms with Crippen molar-refractivity contribution in [2.45, 2.75) is 6.92 Å². The van der Waals surface area contributed by atoms with Crippen molar-refractivity contribution in [1.29, 1.82) is 0 Å². The maximum absolute atomic E-state index is 13.3.